The Bertz CT molecular complexity index is 1220. The van der Waals surface area contributed by atoms with E-state index in [1.165, 1.54) is 18.2 Å². The molecule has 4 rings (SSSR count). The second-order valence-corrected chi connectivity index (χ2v) is 8.79. The Morgan fingerprint density at radius 2 is 1.74 bits per heavy atom. The smallest absolute Gasteiger partial charge is 0.276 e. The van der Waals surface area contributed by atoms with Gasteiger partial charge in [-0.1, -0.05) is 30.3 Å². The lowest BCUT2D eigenvalue weighted by molar-refractivity contribution is -0.385. The van der Waals surface area contributed by atoms with Crippen LogP contribution in [0.25, 0.3) is 17.0 Å². The third-order valence-electron chi connectivity index (χ3n) is 6.15. The summed E-state index contributed by atoms with van der Waals surface area (Å²) in [5.41, 5.74) is 2.48. The molecule has 0 radical (unpaired) electrons. The highest BCUT2D eigenvalue weighted by Gasteiger charge is 2.22. The maximum Gasteiger partial charge on any atom is 0.276 e. The van der Waals surface area contributed by atoms with Crippen LogP contribution < -0.4 is 15.5 Å². The van der Waals surface area contributed by atoms with E-state index < -0.39 is 4.92 Å². The van der Waals surface area contributed by atoms with E-state index in [0.29, 0.717) is 11.6 Å². The molecule has 176 valence electrons. The number of fused-ring (bicyclic) bond motifs is 1. The predicted octanol–water partition coefficient (Wildman–Crippen LogP) is 4.76. The van der Waals surface area contributed by atoms with E-state index in [-0.39, 0.29) is 17.6 Å². The summed E-state index contributed by atoms with van der Waals surface area (Å²) in [7, 11) is 4.06. The topological polar surface area (TPSA) is 100 Å². The average molecular weight is 460 g/mol. The first-order chi connectivity index (χ1) is 16.4. The average Bonchev–Trinajstić information content (AvgIpc) is 2.83. The molecule has 1 heterocycles. The Balaban J connectivity index is 1.33. The van der Waals surface area contributed by atoms with Gasteiger partial charge in [0, 0.05) is 55.5 Å². The Morgan fingerprint density at radius 1 is 1.06 bits per heavy atom. The van der Waals surface area contributed by atoms with Crippen LogP contribution in [0.4, 0.5) is 17.2 Å². The number of hydrogen-bond acceptors (Lipinski definition) is 6. The van der Waals surface area contributed by atoms with Crippen molar-refractivity contribution >= 4 is 40.1 Å². The summed E-state index contributed by atoms with van der Waals surface area (Å²) in [5.74, 6) is 0.628. The highest BCUT2D eigenvalue weighted by Crippen LogP contribution is 2.29. The highest BCUT2D eigenvalue weighted by atomic mass is 16.6. The van der Waals surface area contributed by atoms with Crippen molar-refractivity contribution < 1.29 is 9.72 Å². The van der Waals surface area contributed by atoms with Crippen molar-refractivity contribution in [3.63, 3.8) is 0 Å². The van der Waals surface area contributed by atoms with Gasteiger partial charge in [-0.2, -0.15) is 0 Å². The number of amides is 1. The Morgan fingerprint density at radius 3 is 2.47 bits per heavy atom. The maximum absolute atomic E-state index is 12.4. The Labute approximate surface area is 198 Å². The molecule has 0 bridgehead atoms. The van der Waals surface area contributed by atoms with Crippen molar-refractivity contribution in [2.75, 3.05) is 24.3 Å². The number of aromatic nitrogens is 1. The van der Waals surface area contributed by atoms with Crippen LogP contribution in [-0.4, -0.2) is 42.0 Å². The largest absolute Gasteiger partial charge is 0.377 e. The van der Waals surface area contributed by atoms with Crippen molar-refractivity contribution in [3.05, 3.63) is 76.4 Å². The van der Waals surface area contributed by atoms with Gasteiger partial charge in [-0.25, -0.2) is 4.98 Å². The quantitative estimate of drug-likeness (QED) is 0.300. The molecule has 2 N–H and O–H groups in total. The summed E-state index contributed by atoms with van der Waals surface area (Å²) in [6, 6.07) is 17.0. The van der Waals surface area contributed by atoms with Crippen molar-refractivity contribution in [3.8, 4) is 0 Å². The molecule has 1 aliphatic rings. The normalized spacial score (nSPS) is 18.1. The number of nitro groups is 1. The summed E-state index contributed by atoms with van der Waals surface area (Å²) < 4.78 is 0. The predicted molar refractivity (Wildman–Crippen MR) is 136 cm³/mol. The minimum Gasteiger partial charge on any atom is -0.377 e. The standard InChI is InChI=1S/C26H29N5O3/c1-30(2)24-17-25(29-22-9-5-4-8-21(22)24)27-19-12-14-20(15-13-19)28-26(32)16-11-18-7-3-6-10-23(18)31(33)34/h3-11,16-17,19-20H,12-15H2,1-2H3,(H,27,29)(H,28,32)/b16-11+. The van der Waals surface area contributed by atoms with E-state index >= 15 is 0 Å². The number of hydrogen-bond donors (Lipinski definition) is 2. The second kappa shape index (κ2) is 10.3. The molecule has 1 fully saturated rings. The lowest BCUT2D eigenvalue weighted by Gasteiger charge is -2.30. The molecule has 8 heteroatoms. The number of anilines is 2. The molecule has 0 spiro atoms. The summed E-state index contributed by atoms with van der Waals surface area (Å²) in [4.78, 5) is 29.9. The molecule has 0 saturated heterocycles. The lowest BCUT2D eigenvalue weighted by atomic mass is 9.91. The number of rotatable bonds is 7. The monoisotopic (exact) mass is 459 g/mol. The van der Waals surface area contributed by atoms with Gasteiger partial charge in [0.1, 0.15) is 5.82 Å². The van der Waals surface area contributed by atoms with Crippen LogP contribution in [0, 0.1) is 10.1 Å². The molecule has 0 unspecified atom stereocenters. The summed E-state index contributed by atoms with van der Waals surface area (Å²) in [5, 5.41) is 18.8. The van der Waals surface area contributed by atoms with Crippen molar-refractivity contribution in [2.24, 2.45) is 0 Å². The molecule has 2 aromatic carbocycles. The number of pyridine rings is 1. The maximum atomic E-state index is 12.4. The van der Waals surface area contributed by atoms with Crippen LogP contribution in [0.1, 0.15) is 31.2 Å². The number of nitrogens with zero attached hydrogens (tertiary/aromatic N) is 3. The number of carbonyl (C=O) groups excluding carboxylic acids is 1. The van der Waals surface area contributed by atoms with Gasteiger partial charge in [0.05, 0.1) is 16.0 Å². The van der Waals surface area contributed by atoms with Crippen LogP contribution in [0.2, 0.25) is 0 Å². The van der Waals surface area contributed by atoms with Gasteiger partial charge in [-0.3, -0.25) is 14.9 Å². The number of nitro benzene ring substituents is 1. The third-order valence-corrected chi connectivity index (χ3v) is 6.15. The van der Waals surface area contributed by atoms with E-state index in [1.807, 2.05) is 32.3 Å². The number of nitrogens with one attached hydrogen (secondary N) is 2. The molecule has 1 amide bonds. The zero-order valence-electron chi connectivity index (χ0n) is 19.4. The first-order valence-electron chi connectivity index (χ1n) is 11.5. The molecule has 0 atom stereocenters. The van der Waals surface area contributed by atoms with Gasteiger partial charge in [0.25, 0.3) is 5.69 Å². The molecule has 1 aliphatic carbocycles. The number of benzene rings is 2. The second-order valence-electron chi connectivity index (χ2n) is 8.79. The van der Waals surface area contributed by atoms with Crippen molar-refractivity contribution in [1.29, 1.82) is 0 Å². The minimum absolute atomic E-state index is 0.0159. The van der Waals surface area contributed by atoms with E-state index in [9.17, 15) is 14.9 Å². The molecular formula is C26H29N5O3. The van der Waals surface area contributed by atoms with Gasteiger partial charge >= 0.3 is 0 Å². The van der Waals surface area contributed by atoms with E-state index in [4.69, 9.17) is 4.98 Å². The number of carbonyl (C=O) groups is 1. The SMILES string of the molecule is CN(C)c1cc(NC2CCC(NC(=O)/C=C/c3ccccc3[N+](=O)[O-])CC2)nc2ccccc12. The van der Waals surface area contributed by atoms with Crippen molar-refractivity contribution in [2.45, 2.75) is 37.8 Å². The van der Waals surface area contributed by atoms with E-state index in [2.05, 4.69) is 27.7 Å². The molecule has 1 aromatic heterocycles. The fourth-order valence-corrected chi connectivity index (χ4v) is 4.40. The molecule has 3 aromatic rings. The summed E-state index contributed by atoms with van der Waals surface area (Å²) in [6.07, 6.45) is 6.42. The summed E-state index contributed by atoms with van der Waals surface area (Å²) in [6.45, 7) is 0. The number of para-hydroxylation sites is 2. The van der Waals surface area contributed by atoms with E-state index in [1.54, 1.807) is 18.2 Å². The molecule has 0 aliphatic heterocycles. The lowest BCUT2D eigenvalue weighted by Crippen LogP contribution is -2.39. The fraction of sp³-hybridized carbons (Fsp3) is 0.308. The van der Waals surface area contributed by atoms with Crippen molar-refractivity contribution in [1.82, 2.24) is 10.3 Å². The van der Waals surface area contributed by atoms with Crippen LogP contribution in [0.5, 0.6) is 0 Å². The van der Waals surface area contributed by atoms with Crippen LogP contribution in [-0.2, 0) is 4.79 Å². The molecule has 34 heavy (non-hydrogen) atoms. The Hall–Kier alpha value is -3.94. The Kier molecular flexibility index (Phi) is 7.06. The zero-order valence-corrected chi connectivity index (χ0v) is 19.4. The van der Waals surface area contributed by atoms with Gasteiger partial charge in [-0.15, -0.1) is 0 Å². The first kappa shape index (κ1) is 23.2. The fourth-order valence-electron chi connectivity index (χ4n) is 4.40. The van der Waals surface area contributed by atoms with Gasteiger partial charge in [0.15, 0.2) is 0 Å². The molecule has 8 nitrogen and oxygen atoms in total. The zero-order chi connectivity index (χ0) is 24.1. The molecule has 1 saturated carbocycles. The van der Waals surface area contributed by atoms with Gasteiger partial charge < -0.3 is 15.5 Å². The van der Waals surface area contributed by atoms with Crippen LogP contribution in [0.3, 0.4) is 0 Å². The highest BCUT2D eigenvalue weighted by molar-refractivity contribution is 5.93. The van der Waals surface area contributed by atoms with Crippen LogP contribution >= 0.6 is 0 Å². The third kappa shape index (κ3) is 5.51. The van der Waals surface area contributed by atoms with Crippen LogP contribution in [0.15, 0.2) is 60.7 Å². The first-order valence-corrected chi connectivity index (χ1v) is 11.5. The van der Waals surface area contributed by atoms with Gasteiger partial charge in [-0.05, 0) is 43.9 Å². The minimum atomic E-state index is -0.447. The van der Waals surface area contributed by atoms with E-state index in [0.717, 1.165) is 48.1 Å². The summed E-state index contributed by atoms with van der Waals surface area (Å²) >= 11 is 0. The molecular weight excluding hydrogens is 430 g/mol. The van der Waals surface area contributed by atoms with Gasteiger partial charge in [0.2, 0.25) is 5.91 Å².